The quantitative estimate of drug-likeness (QED) is 0.754. The molecule has 0 bridgehead atoms. The fourth-order valence-corrected chi connectivity index (χ4v) is 4.24. The van der Waals surface area contributed by atoms with Crippen LogP contribution in [-0.2, 0) is 9.59 Å². The van der Waals surface area contributed by atoms with Gasteiger partial charge in [-0.05, 0) is 49.1 Å². The largest absolute Gasteiger partial charge is 0.325 e. The Morgan fingerprint density at radius 1 is 1.29 bits per heavy atom. The van der Waals surface area contributed by atoms with Crippen molar-refractivity contribution in [3.8, 4) is 0 Å². The van der Waals surface area contributed by atoms with Crippen molar-refractivity contribution in [2.75, 3.05) is 11.9 Å². The first-order chi connectivity index (χ1) is 13.2. The summed E-state index contributed by atoms with van der Waals surface area (Å²) in [6.07, 6.45) is 3.95. The Labute approximate surface area is 164 Å². The van der Waals surface area contributed by atoms with Crippen LogP contribution >= 0.6 is 0 Å². The molecule has 7 heteroatoms. The van der Waals surface area contributed by atoms with Crippen molar-refractivity contribution < 1.29 is 18.8 Å². The number of carbonyl (C=O) groups is 3. The van der Waals surface area contributed by atoms with E-state index < -0.39 is 29.8 Å². The first-order valence-corrected chi connectivity index (χ1v) is 9.87. The molecule has 0 radical (unpaired) electrons. The van der Waals surface area contributed by atoms with Crippen LogP contribution in [0, 0.1) is 17.2 Å². The number of carbonyl (C=O) groups excluding carboxylic acids is 3. The summed E-state index contributed by atoms with van der Waals surface area (Å²) in [6, 6.07) is 5.22. The number of nitrogens with one attached hydrogen (secondary N) is 2. The van der Waals surface area contributed by atoms with Gasteiger partial charge in [0.2, 0.25) is 5.91 Å². The standard InChI is InChI=1S/C21H28FN3O3/c1-4-20(2,3)14-9-11-21(12-10-14)18(27)25(19(28)24-21)13-17(26)23-16-8-6-5-7-15(16)22/h5-8,14H,4,9-13H2,1-3H3,(H,23,26)(H,24,28). The van der Waals surface area contributed by atoms with E-state index in [2.05, 4.69) is 31.4 Å². The maximum absolute atomic E-state index is 13.7. The summed E-state index contributed by atoms with van der Waals surface area (Å²) in [5.74, 6) is -1.02. The lowest BCUT2D eigenvalue weighted by atomic mass is 9.65. The zero-order chi connectivity index (χ0) is 20.5. The van der Waals surface area contributed by atoms with Crippen LogP contribution in [0.5, 0.6) is 0 Å². The van der Waals surface area contributed by atoms with Crippen LogP contribution in [0.3, 0.4) is 0 Å². The number of amides is 4. The number of anilines is 1. The lowest BCUT2D eigenvalue weighted by Gasteiger charge is -2.42. The summed E-state index contributed by atoms with van der Waals surface area (Å²) in [4.78, 5) is 38.5. The highest BCUT2D eigenvalue weighted by atomic mass is 19.1. The van der Waals surface area contributed by atoms with Gasteiger partial charge in [-0.25, -0.2) is 9.18 Å². The van der Waals surface area contributed by atoms with Crippen LogP contribution in [0.4, 0.5) is 14.9 Å². The van der Waals surface area contributed by atoms with Crippen molar-refractivity contribution in [3.63, 3.8) is 0 Å². The number of benzene rings is 1. The molecule has 1 saturated carbocycles. The molecule has 1 spiro atoms. The topological polar surface area (TPSA) is 78.5 Å². The Hall–Kier alpha value is -2.44. The van der Waals surface area contributed by atoms with Crippen molar-refractivity contribution >= 4 is 23.5 Å². The van der Waals surface area contributed by atoms with E-state index in [1.807, 2.05) is 0 Å². The van der Waals surface area contributed by atoms with Gasteiger partial charge in [-0.3, -0.25) is 14.5 Å². The van der Waals surface area contributed by atoms with Crippen LogP contribution in [0.1, 0.15) is 52.9 Å². The average Bonchev–Trinajstić information content (AvgIpc) is 2.88. The highest BCUT2D eigenvalue weighted by Gasteiger charge is 2.53. The van der Waals surface area contributed by atoms with E-state index in [0.29, 0.717) is 18.8 Å². The molecule has 1 aromatic rings. The van der Waals surface area contributed by atoms with Crippen molar-refractivity contribution in [2.45, 2.75) is 58.4 Å². The van der Waals surface area contributed by atoms with E-state index in [-0.39, 0.29) is 17.0 Å². The van der Waals surface area contributed by atoms with Crippen LogP contribution in [0.25, 0.3) is 0 Å². The smallest absolute Gasteiger partial charge is 0.323 e. The molecular weight excluding hydrogens is 361 g/mol. The monoisotopic (exact) mass is 389 g/mol. The van der Waals surface area contributed by atoms with Crippen LogP contribution in [0.15, 0.2) is 24.3 Å². The minimum Gasteiger partial charge on any atom is -0.323 e. The molecule has 1 saturated heterocycles. The van der Waals surface area contributed by atoms with Crippen molar-refractivity contribution in [1.29, 1.82) is 0 Å². The van der Waals surface area contributed by atoms with Crippen LogP contribution in [0.2, 0.25) is 0 Å². The number of rotatable bonds is 5. The van der Waals surface area contributed by atoms with Gasteiger partial charge in [0, 0.05) is 0 Å². The van der Waals surface area contributed by atoms with E-state index in [1.54, 1.807) is 6.07 Å². The number of hydrogen-bond donors (Lipinski definition) is 2. The molecule has 2 aliphatic rings. The normalized spacial score (nSPS) is 25.1. The summed E-state index contributed by atoms with van der Waals surface area (Å²) in [5.41, 5.74) is -0.681. The predicted molar refractivity (Wildman–Crippen MR) is 104 cm³/mol. The van der Waals surface area contributed by atoms with Gasteiger partial charge in [0.1, 0.15) is 17.9 Å². The molecule has 1 aliphatic carbocycles. The molecule has 1 heterocycles. The van der Waals surface area contributed by atoms with Crippen LogP contribution < -0.4 is 10.6 Å². The molecule has 0 atom stereocenters. The molecule has 2 fully saturated rings. The summed E-state index contributed by atoms with van der Waals surface area (Å²) in [7, 11) is 0. The summed E-state index contributed by atoms with van der Waals surface area (Å²) in [5, 5.41) is 5.24. The Bertz CT molecular complexity index is 785. The number of halogens is 1. The highest BCUT2D eigenvalue weighted by Crippen LogP contribution is 2.45. The molecule has 2 N–H and O–H groups in total. The van der Waals surface area contributed by atoms with Gasteiger partial charge < -0.3 is 10.6 Å². The van der Waals surface area contributed by atoms with Gasteiger partial charge in [-0.2, -0.15) is 0 Å². The third-order valence-corrected chi connectivity index (χ3v) is 6.55. The van der Waals surface area contributed by atoms with Crippen molar-refractivity contribution in [3.05, 3.63) is 30.1 Å². The highest BCUT2D eigenvalue weighted by molar-refractivity contribution is 6.10. The van der Waals surface area contributed by atoms with Gasteiger partial charge in [-0.1, -0.05) is 39.3 Å². The SMILES string of the molecule is CCC(C)(C)C1CCC2(CC1)NC(=O)N(CC(=O)Nc1ccccc1F)C2=O. The molecule has 1 aliphatic heterocycles. The second kappa shape index (κ2) is 7.53. The lowest BCUT2D eigenvalue weighted by molar-refractivity contribution is -0.135. The number of imide groups is 1. The fraction of sp³-hybridized carbons (Fsp3) is 0.571. The predicted octanol–water partition coefficient (Wildman–Crippen LogP) is 3.68. The maximum Gasteiger partial charge on any atom is 0.325 e. The molecule has 6 nitrogen and oxygen atoms in total. The molecule has 0 unspecified atom stereocenters. The third kappa shape index (κ3) is 3.75. The first-order valence-electron chi connectivity index (χ1n) is 9.87. The van der Waals surface area contributed by atoms with Gasteiger partial charge in [0.25, 0.3) is 5.91 Å². The Morgan fingerprint density at radius 2 is 1.93 bits per heavy atom. The van der Waals surface area contributed by atoms with Gasteiger partial charge in [-0.15, -0.1) is 0 Å². The lowest BCUT2D eigenvalue weighted by Crippen LogP contribution is -2.51. The zero-order valence-electron chi connectivity index (χ0n) is 16.7. The summed E-state index contributed by atoms with van der Waals surface area (Å²) >= 11 is 0. The number of para-hydroxylation sites is 1. The van der Waals surface area contributed by atoms with Gasteiger partial charge in [0.05, 0.1) is 5.69 Å². The summed E-state index contributed by atoms with van der Waals surface area (Å²) in [6.45, 7) is 6.22. The zero-order valence-corrected chi connectivity index (χ0v) is 16.7. The Balaban J connectivity index is 1.64. The average molecular weight is 389 g/mol. The van der Waals surface area contributed by atoms with E-state index >= 15 is 0 Å². The number of hydrogen-bond acceptors (Lipinski definition) is 3. The molecule has 4 amide bonds. The van der Waals surface area contributed by atoms with E-state index in [0.717, 1.165) is 24.2 Å². The van der Waals surface area contributed by atoms with Crippen LogP contribution in [-0.4, -0.2) is 34.8 Å². The maximum atomic E-state index is 13.7. The van der Waals surface area contributed by atoms with E-state index in [1.165, 1.54) is 18.2 Å². The minimum absolute atomic E-state index is 0.0246. The first kappa shape index (κ1) is 20.3. The van der Waals surface area contributed by atoms with E-state index in [4.69, 9.17) is 0 Å². The molecule has 28 heavy (non-hydrogen) atoms. The molecule has 3 rings (SSSR count). The van der Waals surface area contributed by atoms with E-state index in [9.17, 15) is 18.8 Å². The molecule has 1 aromatic carbocycles. The van der Waals surface area contributed by atoms with Gasteiger partial charge in [0.15, 0.2) is 0 Å². The Kier molecular flexibility index (Phi) is 5.46. The second-order valence-electron chi connectivity index (χ2n) is 8.55. The number of nitrogens with zero attached hydrogens (tertiary/aromatic N) is 1. The second-order valence-corrected chi connectivity index (χ2v) is 8.55. The van der Waals surface area contributed by atoms with Gasteiger partial charge >= 0.3 is 6.03 Å². The molecule has 0 aromatic heterocycles. The number of urea groups is 1. The minimum atomic E-state index is -0.907. The molecule has 152 valence electrons. The summed E-state index contributed by atoms with van der Waals surface area (Å²) < 4.78 is 13.7. The third-order valence-electron chi connectivity index (χ3n) is 6.55. The Morgan fingerprint density at radius 3 is 2.54 bits per heavy atom. The fourth-order valence-electron chi connectivity index (χ4n) is 4.24. The molecular formula is C21H28FN3O3. The van der Waals surface area contributed by atoms with Crippen molar-refractivity contribution in [1.82, 2.24) is 10.2 Å². The van der Waals surface area contributed by atoms with Crippen molar-refractivity contribution in [2.24, 2.45) is 11.3 Å².